The minimum atomic E-state index is -1.19. The van der Waals surface area contributed by atoms with E-state index in [4.69, 9.17) is 10.8 Å². The van der Waals surface area contributed by atoms with Crippen LogP contribution >= 0.6 is 0 Å². The third-order valence-electron chi connectivity index (χ3n) is 2.67. The van der Waals surface area contributed by atoms with Gasteiger partial charge in [-0.2, -0.15) is 0 Å². The highest BCUT2D eigenvalue weighted by Gasteiger charge is 2.12. The first kappa shape index (κ1) is 13.7. The van der Waals surface area contributed by atoms with E-state index in [-0.39, 0.29) is 29.2 Å². The molecule has 0 fully saturated rings. The van der Waals surface area contributed by atoms with E-state index < -0.39 is 17.6 Å². The second-order valence-electron chi connectivity index (χ2n) is 4.02. The zero-order chi connectivity index (χ0) is 14.7. The summed E-state index contributed by atoms with van der Waals surface area (Å²) in [5, 5.41) is 11.6. The Kier molecular flexibility index (Phi) is 3.79. The van der Waals surface area contributed by atoms with Crippen LogP contribution in [0.1, 0.15) is 15.9 Å². The second kappa shape index (κ2) is 5.52. The Morgan fingerprint density at radius 3 is 2.80 bits per heavy atom. The van der Waals surface area contributed by atoms with E-state index in [1.807, 2.05) is 0 Å². The number of nitrogens with two attached hydrogens (primary N) is 1. The van der Waals surface area contributed by atoms with Gasteiger partial charge in [0, 0.05) is 18.3 Å². The molecule has 4 N–H and O–H groups in total. The number of benzene rings is 1. The van der Waals surface area contributed by atoms with Crippen molar-refractivity contribution in [2.24, 2.45) is 0 Å². The van der Waals surface area contributed by atoms with Crippen molar-refractivity contribution in [3.8, 4) is 0 Å². The summed E-state index contributed by atoms with van der Waals surface area (Å²) in [4.78, 5) is 14.8. The summed E-state index contributed by atoms with van der Waals surface area (Å²) in [5.74, 6) is -2.23. The number of carbonyl (C=O) groups is 1. The molecule has 0 aliphatic rings. The lowest BCUT2D eigenvalue weighted by molar-refractivity contribution is 0.0698. The summed E-state index contributed by atoms with van der Waals surface area (Å²) in [5.41, 5.74) is 5.56. The Bertz CT molecular complexity index is 662. The maximum atomic E-state index is 13.4. The Morgan fingerprint density at radius 2 is 2.10 bits per heavy atom. The number of rotatable bonds is 4. The van der Waals surface area contributed by atoms with Crippen LogP contribution in [0.3, 0.4) is 0 Å². The smallest absolute Gasteiger partial charge is 0.337 e. The first-order valence-corrected chi connectivity index (χ1v) is 5.64. The summed E-state index contributed by atoms with van der Waals surface area (Å²) < 4.78 is 26.4. The van der Waals surface area contributed by atoms with E-state index in [1.54, 1.807) is 0 Å². The summed E-state index contributed by atoms with van der Waals surface area (Å²) in [7, 11) is 0. The molecule has 0 unspecified atom stereocenters. The fourth-order valence-electron chi connectivity index (χ4n) is 1.66. The topological polar surface area (TPSA) is 88.2 Å². The number of carboxylic acids is 1. The number of hydrogen-bond donors (Lipinski definition) is 3. The number of nitrogen functional groups attached to an aromatic ring is 1. The lowest BCUT2D eigenvalue weighted by Crippen LogP contribution is -2.10. The summed E-state index contributed by atoms with van der Waals surface area (Å²) >= 11 is 0. The molecule has 2 aromatic rings. The number of nitrogens with zero attached hydrogens (tertiary/aromatic N) is 1. The summed E-state index contributed by atoms with van der Waals surface area (Å²) in [6.45, 7) is -0.0656. The molecule has 20 heavy (non-hydrogen) atoms. The number of hydrogen-bond acceptors (Lipinski definition) is 4. The van der Waals surface area contributed by atoms with Crippen molar-refractivity contribution in [1.82, 2.24) is 4.98 Å². The van der Waals surface area contributed by atoms with Crippen LogP contribution in [0, 0.1) is 11.6 Å². The summed E-state index contributed by atoms with van der Waals surface area (Å²) in [6, 6.07) is 4.32. The fourth-order valence-corrected chi connectivity index (χ4v) is 1.66. The predicted octanol–water partition coefficient (Wildman–Crippen LogP) is 2.25. The van der Waals surface area contributed by atoms with Gasteiger partial charge in [-0.05, 0) is 24.3 Å². The zero-order valence-electron chi connectivity index (χ0n) is 10.2. The molecule has 0 amide bonds. The average Bonchev–Trinajstić information content (AvgIpc) is 2.41. The van der Waals surface area contributed by atoms with Crippen LogP contribution in [0.2, 0.25) is 0 Å². The van der Waals surface area contributed by atoms with Gasteiger partial charge in [-0.15, -0.1) is 0 Å². The van der Waals surface area contributed by atoms with Gasteiger partial charge in [-0.1, -0.05) is 0 Å². The van der Waals surface area contributed by atoms with Crippen LogP contribution in [0.4, 0.5) is 20.3 Å². The van der Waals surface area contributed by atoms with Crippen molar-refractivity contribution in [3.63, 3.8) is 0 Å². The van der Waals surface area contributed by atoms with Gasteiger partial charge >= 0.3 is 5.97 Å². The van der Waals surface area contributed by atoms with Gasteiger partial charge in [0.05, 0.1) is 11.3 Å². The minimum Gasteiger partial charge on any atom is -0.478 e. The molecular weight excluding hydrogens is 268 g/mol. The molecule has 1 aromatic heterocycles. The minimum absolute atomic E-state index is 0.0585. The Morgan fingerprint density at radius 1 is 1.35 bits per heavy atom. The van der Waals surface area contributed by atoms with Crippen molar-refractivity contribution in [1.29, 1.82) is 0 Å². The summed E-state index contributed by atoms with van der Waals surface area (Å²) in [6.07, 6.45) is 1.27. The molecule has 0 bridgehead atoms. The van der Waals surface area contributed by atoms with E-state index in [0.29, 0.717) is 0 Å². The van der Waals surface area contributed by atoms with E-state index in [2.05, 4.69) is 10.3 Å². The van der Waals surface area contributed by atoms with Crippen molar-refractivity contribution >= 4 is 17.5 Å². The third kappa shape index (κ3) is 2.82. The third-order valence-corrected chi connectivity index (χ3v) is 2.67. The van der Waals surface area contributed by atoms with Gasteiger partial charge in [0.2, 0.25) is 0 Å². The van der Waals surface area contributed by atoms with Crippen LogP contribution < -0.4 is 11.1 Å². The molecular formula is C13H11F2N3O2. The van der Waals surface area contributed by atoms with Crippen LogP contribution in [-0.4, -0.2) is 16.1 Å². The molecule has 0 aliphatic carbocycles. The molecule has 1 aromatic carbocycles. The van der Waals surface area contributed by atoms with Gasteiger partial charge in [0.15, 0.2) is 0 Å². The number of aromatic carboxylic acids is 1. The second-order valence-corrected chi connectivity index (χ2v) is 4.02. The number of nitrogens with one attached hydrogen (secondary N) is 1. The highest BCUT2D eigenvalue weighted by atomic mass is 19.1. The Balaban J connectivity index is 2.21. The van der Waals surface area contributed by atoms with Crippen LogP contribution in [0.5, 0.6) is 0 Å². The zero-order valence-corrected chi connectivity index (χ0v) is 10.2. The van der Waals surface area contributed by atoms with Gasteiger partial charge in [-0.3, -0.25) is 0 Å². The van der Waals surface area contributed by atoms with Crippen LogP contribution in [0.25, 0.3) is 0 Å². The Hall–Kier alpha value is -2.70. The van der Waals surface area contributed by atoms with Crippen molar-refractivity contribution < 1.29 is 18.7 Å². The van der Waals surface area contributed by atoms with Gasteiger partial charge in [0.25, 0.3) is 0 Å². The standard InChI is InChI=1S/C13H11F2N3O2/c14-8-1-2-10(15)7(5-8)6-18-12-11(16)9(13(19)20)3-4-17-12/h1-5H,6,16H2,(H,17,18)(H,19,20). The van der Waals surface area contributed by atoms with Crippen molar-refractivity contribution in [3.05, 3.63) is 53.2 Å². The first-order valence-electron chi connectivity index (χ1n) is 5.64. The lowest BCUT2D eigenvalue weighted by atomic mass is 10.2. The van der Waals surface area contributed by atoms with Crippen LogP contribution in [0.15, 0.2) is 30.5 Å². The first-order chi connectivity index (χ1) is 9.49. The van der Waals surface area contributed by atoms with E-state index in [1.165, 1.54) is 12.3 Å². The fraction of sp³-hybridized carbons (Fsp3) is 0.0769. The number of halogens is 2. The van der Waals surface area contributed by atoms with Crippen molar-refractivity contribution in [2.45, 2.75) is 6.54 Å². The van der Waals surface area contributed by atoms with Gasteiger partial charge in [0.1, 0.15) is 17.5 Å². The van der Waals surface area contributed by atoms with Crippen LogP contribution in [-0.2, 0) is 6.54 Å². The maximum absolute atomic E-state index is 13.4. The van der Waals surface area contributed by atoms with Crippen molar-refractivity contribution in [2.75, 3.05) is 11.1 Å². The molecule has 0 radical (unpaired) electrons. The average molecular weight is 279 g/mol. The molecule has 0 spiro atoms. The monoisotopic (exact) mass is 279 g/mol. The molecule has 0 atom stereocenters. The quantitative estimate of drug-likeness (QED) is 0.799. The van der Waals surface area contributed by atoms with Gasteiger partial charge in [-0.25, -0.2) is 18.6 Å². The normalized spacial score (nSPS) is 10.3. The molecule has 5 nitrogen and oxygen atoms in total. The SMILES string of the molecule is Nc1c(C(=O)O)ccnc1NCc1cc(F)ccc1F. The molecule has 0 saturated heterocycles. The van der Waals surface area contributed by atoms with Gasteiger partial charge < -0.3 is 16.2 Å². The number of anilines is 2. The molecule has 1 heterocycles. The largest absolute Gasteiger partial charge is 0.478 e. The highest BCUT2D eigenvalue weighted by molar-refractivity contribution is 5.96. The maximum Gasteiger partial charge on any atom is 0.337 e. The molecule has 7 heteroatoms. The van der Waals surface area contributed by atoms with E-state index in [0.717, 1.165) is 18.2 Å². The lowest BCUT2D eigenvalue weighted by Gasteiger charge is -2.10. The molecule has 104 valence electrons. The number of carboxylic acid groups (broad SMARTS) is 1. The Labute approximate surface area is 113 Å². The molecule has 0 aliphatic heterocycles. The van der Waals surface area contributed by atoms with E-state index >= 15 is 0 Å². The predicted molar refractivity (Wildman–Crippen MR) is 69.3 cm³/mol. The number of aromatic nitrogens is 1. The highest BCUT2D eigenvalue weighted by Crippen LogP contribution is 2.21. The van der Waals surface area contributed by atoms with E-state index in [9.17, 15) is 13.6 Å². The molecule has 0 saturated carbocycles. The molecule has 2 rings (SSSR count). The number of pyridine rings is 1.